The third kappa shape index (κ3) is 4.21. The summed E-state index contributed by atoms with van der Waals surface area (Å²) in [6.07, 6.45) is 0. The van der Waals surface area contributed by atoms with Crippen LogP contribution in [0.3, 0.4) is 0 Å². The summed E-state index contributed by atoms with van der Waals surface area (Å²) >= 11 is 1.23. The second-order valence-electron chi connectivity index (χ2n) is 7.72. The van der Waals surface area contributed by atoms with E-state index in [0.29, 0.717) is 22.7 Å². The molecule has 170 valence electrons. The Bertz CT molecular complexity index is 1250. The van der Waals surface area contributed by atoms with Gasteiger partial charge in [0.25, 0.3) is 5.91 Å². The number of aromatic hydroxyl groups is 1. The maximum absolute atomic E-state index is 13.6. The van der Waals surface area contributed by atoms with E-state index in [2.05, 4.69) is 4.98 Å². The van der Waals surface area contributed by atoms with Crippen LogP contribution >= 0.6 is 11.3 Å². The zero-order chi connectivity index (χ0) is 23.7. The fourth-order valence-corrected chi connectivity index (χ4v) is 4.89. The van der Waals surface area contributed by atoms with Gasteiger partial charge in [0.05, 0.1) is 33.8 Å². The molecule has 1 unspecified atom stereocenters. The van der Waals surface area contributed by atoms with Crippen molar-refractivity contribution in [2.45, 2.75) is 33.4 Å². The molecule has 0 bridgehead atoms. The van der Waals surface area contributed by atoms with Gasteiger partial charge in [-0.15, -0.1) is 11.3 Å². The molecule has 1 amide bonds. The van der Waals surface area contributed by atoms with Crippen molar-refractivity contribution in [3.8, 4) is 11.5 Å². The molecule has 8 heteroatoms. The first-order valence-corrected chi connectivity index (χ1v) is 11.4. The fourth-order valence-electron chi connectivity index (χ4n) is 4.01. The molecule has 3 aromatic rings. The molecule has 2 N–H and O–H groups in total. The number of aromatic nitrogens is 1. The van der Waals surface area contributed by atoms with Gasteiger partial charge in [-0.25, -0.2) is 4.98 Å². The molecule has 2 heterocycles. The van der Waals surface area contributed by atoms with Gasteiger partial charge in [0, 0.05) is 6.54 Å². The normalized spacial score (nSPS) is 15.9. The Morgan fingerprint density at radius 1 is 1.15 bits per heavy atom. The number of thiazole rings is 1. The summed E-state index contributed by atoms with van der Waals surface area (Å²) in [5.74, 6) is -1.44. The molecule has 4 rings (SSSR count). The first kappa shape index (κ1) is 22.5. The highest BCUT2D eigenvalue weighted by molar-refractivity contribution is 7.14. The number of carbonyl (C=O) groups excluding carboxylic acids is 2. The second kappa shape index (κ2) is 9.07. The quantitative estimate of drug-likeness (QED) is 0.494. The molecule has 0 saturated heterocycles. The molecular formula is C25H24N2O5S. The summed E-state index contributed by atoms with van der Waals surface area (Å²) in [6, 6.07) is 13.2. The molecule has 1 aliphatic heterocycles. The van der Waals surface area contributed by atoms with Gasteiger partial charge in [0.15, 0.2) is 17.3 Å². The van der Waals surface area contributed by atoms with Crippen LogP contribution in [0.2, 0.25) is 0 Å². The van der Waals surface area contributed by atoms with E-state index in [0.717, 1.165) is 10.6 Å². The van der Waals surface area contributed by atoms with E-state index in [1.54, 1.807) is 32.9 Å². The number of hydrogen-bond donors (Lipinski definition) is 2. The van der Waals surface area contributed by atoms with Crippen LogP contribution in [0.1, 0.15) is 44.5 Å². The Kier molecular flexibility index (Phi) is 6.20. The zero-order valence-electron chi connectivity index (χ0n) is 18.5. The Labute approximate surface area is 195 Å². The van der Waals surface area contributed by atoms with E-state index in [4.69, 9.17) is 4.74 Å². The second-order valence-corrected chi connectivity index (χ2v) is 8.92. The maximum atomic E-state index is 13.6. The number of nitrogens with zero attached hydrogens (tertiary/aromatic N) is 2. The molecule has 1 aliphatic rings. The monoisotopic (exact) mass is 464 g/mol. The van der Waals surface area contributed by atoms with Crippen LogP contribution < -0.4 is 4.74 Å². The van der Waals surface area contributed by atoms with Crippen molar-refractivity contribution in [1.82, 2.24) is 9.88 Å². The number of rotatable bonds is 7. The minimum atomic E-state index is -0.855. The van der Waals surface area contributed by atoms with E-state index in [1.807, 2.05) is 30.3 Å². The predicted octanol–water partition coefficient (Wildman–Crippen LogP) is 4.64. The van der Waals surface area contributed by atoms with Crippen LogP contribution in [0.4, 0.5) is 0 Å². The largest absolute Gasteiger partial charge is 0.504 e. The number of hydrogen-bond acceptors (Lipinski definition) is 7. The van der Waals surface area contributed by atoms with Gasteiger partial charge in [-0.3, -0.25) is 9.59 Å². The van der Waals surface area contributed by atoms with Crippen LogP contribution in [-0.4, -0.2) is 38.4 Å². The van der Waals surface area contributed by atoms with E-state index in [1.165, 1.54) is 22.3 Å². The van der Waals surface area contributed by atoms with Gasteiger partial charge in [-0.2, -0.15) is 0 Å². The van der Waals surface area contributed by atoms with Crippen LogP contribution in [-0.2, 0) is 11.3 Å². The number of aliphatic hydroxyl groups is 1. The maximum Gasteiger partial charge on any atom is 0.290 e. The molecule has 0 spiro atoms. The van der Waals surface area contributed by atoms with Gasteiger partial charge in [-0.05, 0) is 44.0 Å². The zero-order valence-corrected chi connectivity index (χ0v) is 19.3. The average Bonchev–Trinajstić information content (AvgIpc) is 3.26. The summed E-state index contributed by atoms with van der Waals surface area (Å²) in [5.41, 5.74) is 1.95. The van der Waals surface area contributed by atoms with E-state index >= 15 is 0 Å². The molecule has 0 fully saturated rings. The highest BCUT2D eigenvalue weighted by atomic mass is 32.1. The van der Waals surface area contributed by atoms with Crippen LogP contribution in [0.5, 0.6) is 11.5 Å². The number of carbonyl (C=O) groups is 2. The Hall–Kier alpha value is -3.65. The topological polar surface area (TPSA) is 100.0 Å². The summed E-state index contributed by atoms with van der Waals surface area (Å²) in [4.78, 5) is 32.9. The minimum Gasteiger partial charge on any atom is -0.504 e. The van der Waals surface area contributed by atoms with Crippen molar-refractivity contribution in [2.75, 3.05) is 6.61 Å². The predicted molar refractivity (Wildman–Crippen MR) is 125 cm³/mol. The summed E-state index contributed by atoms with van der Waals surface area (Å²) in [5, 5.41) is 21.8. The third-order valence-corrected chi connectivity index (χ3v) is 6.52. The molecule has 7 nitrogen and oxygen atoms in total. The number of phenols is 1. The molecule has 1 aromatic heterocycles. The fraction of sp³-hybridized carbons (Fsp3) is 0.240. The number of ether oxygens (including phenoxy) is 1. The first-order chi connectivity index (χ1) is 15.8. The van der Waals surface area contributed by atoms with Crippen LogP contribution in [0.25, 0.3) is 0 Å². The summed E-state index contributed by atoms with van der Waals surface area (Å²) in [6.45, 7) is 5.85. The Morgan fingerprint density at radius 3 is 2.52 bits per heavy atom. The SMILES string of the molecule is CCOc1cc(C2C(C(=O)c3sc(C)nc3C)=C(O)C(=O)N2Cc2ccccc2)ccc1O. The van der Waals surface area contributed by atoms with E-state index < -0.39 is 23.5 Å². The highest BCUT2D eigenvalue weighted by Crippen LogP contribution is 2.43. The standard InChI is InChI=1S/C25H24N2O5S/c1-4-32-19-12-17(10-11-18(19)28)21-20(22(29)24-14(2)26-15(3)33-24)23(30)25(31)27(21)13-16-8-6-5-7-9-16/h5-12,21,28,30H,4,13H2,1-3H3. The number of aliphatic hydroxyl groups excluding tert-OH is 1. The molecule has 1 atom stereocenters. The van der Waals surface area contributed by atoms with E-state index in [-0.39, 0.29) is 23.6 Å². The number of aryl methyl sites for hydroxylation is 2. The van der Waals surface area contributed by atoms with Gasteiger partial charge in [-0.1, -0.05) is 36.4 Å². The van der Waals surface area contributed by atoms with E-state index in [9.17, 15) is 19.8 Å². The third-order valence-electron chi connectivity index (χ3n) is 5.45. The lowest BCUT2D eigenvalue weighted by molar-refractivity contribution is -0.130. The number of amides is 1. The lowest BCUT2D eigenvalue weighted by atomic mass is 9.94. The van der Waals surface area contributed by atoms with Crippen molar-refractivity contribution >= 4 is 23.0 Å². The molecule has 0 radical (unpaired) electrons. The number of phenolic OH excluding ortho intramolecular Hbond substituents is 1. The summed E-state index contributed by atoms with van der Waals surface area (Å²) in [7, 11) is 0. The van der Waals surface area contributed by atoms with Crippen LogP contribution in [0, 0.1) is 13.8 Å². The number of benzene rings is 2. The molecule has 2 aromatic carbocycles. The lowest BCUT2D eigenvalue weighted by Crippen LogP contribution is -2.30. The van der Waals surface area contributed by atoms with Crippen molar-refractivity contribution in [2.24, 2.45) is 0 Å². The van der Waals surface area contributed by atoms with Crippen molar-refractivity contribution in [1.29, 1.82) is 0 Å². The average molecular weight is 465 g/mol. The lowest BCUT2D eigenvalue weighted by Gasteiger charge is -2.27. The Morgan fingerprint density at radius 2 is 1.88 bits per heavy atom. The minimum absolute atomic E-state index is 0.00387. The van der Waals surface area contributed by atoms with Crippen LogP contribution in [0.15, 0.2) is 59.9 Å². The Balaban J connectivity index is 1.84. The van der Waals surface area contributed by atoms with Gasteiger partial charge in [0.2, 0.25) is 5.78 Å². The number of Topliss-reactive ketones (excluding diaryl/α,β-unsaturated/α-hetero) is 1. The number of ketones is 1. The van der Waals surface area contributed by atoms with Gasteiger partial charge in [0.1, 0.15) is 0 Å². The van der Waals surface area contributed by atoms with Gasteiger partial charge >= 0.3 is 0 Å². The smallest absolute Gasteiger partial charge is 0.290 e. The first-order valence-electron chi connectivity index (χ1n) is 10.5. The van der Waals surface area contributed by atoms with Crippen molar-refractivity contribution in [3.63, 3.8) is 0 Å². The molecule has 0 saturated carbocycles. The van der Waals surface area contributed by atoms with Crippen molar-refractivity contribution in [3.05, 3.63) is 86.6 Å². The highest BCUT2D eigenvalue weighted by Gasteiger charge is 2.44. The molecule has 0 aliphatic carbocycles. The molecular weight excluding hydrogens is 440 g/mol. The van der Waals surface area contributed by atoms with Gasteiger partial charge < -0.3 is 19.8 Å². The summed E-state index contributed by atoms with van der Waals surface area (Å²) < 4.78 is 5.52. The molecule has 33 heavy (non-hydrogen) atoms. The van der Waals surface area contributed by atoms with Crippen molar-refractivity contribution < 1.29 is 24.5 Å².